The summed E-state index contributed by atoms with van der Waals surface area (Å²) >= 11 is 0. The van der Waals surface area contributed by atoms with Crippen LogP contribution in [-0.2, 0) is 9.59 Å². The fourth-order valence-electron chi connectivity index (χ4n) is 4.27. The first-order chi connectivity index (χ1) is 16.1. The second kappa shape index (κ2) is 12.3. The summed E-state index contributed by atoms with van der Waals surface area (Å²) in [6.45, 7) is 7.79. The number of aliphatic hydroxyl groups is 1. The van der Waals surface area contributed by atoms with Gasteiger partial charge in [-0.05, 0) is 51.0 Å². The van der Waals surface area contributed by atoms with Gasteiger partial charge in [-0.15, -0.1) is 0 Å². The van der Waals surface area contributed by atoms with E-state index in [4.69, 9.17) is 0 Å². The Kier molecular flexibility index (Phi) is 9.19. The van der Waals surface area contributed by atoms with Crippen molar-refractivity contribution in [3.8, 4) is 0 Å². The van der Waals surface area contributed by atoms with Gasteiger partial charge in [-0.1, -0.05) is 63.1 Å². The molecule has 0 spiro atoms. The molecule has 1 aromatic carbocycles. The van der Waals surface area contributed by atoms with Gasteiger partial charge >= 0.3 is 0 Å². The molecule has 6 nitrogen and oxygen atoms in total. The van der Waals surface area contributed by atoms with E-state index in [1.807, 2.05) is 12.1 Å². The quantitative estimate of drug-likeness (QED) is 0.286. The smallest absolute Gasteiger partial charge is 0.295 e. The summed E-state index contributed by atoms with van der Waals surface area (Å²) in [7, 11) is 0. The van der Waals surface area contributed by atoms with Crippen LogP contribution in [0.5, 0.6) is 0 Å². The van der Waals surface area contributed by atoms with Crippen LogP contribution in [0.4, 0.5) is 0 Å². The van der Waals surface area contributed by atoms with Gasteiger partial charge in [0.05, 0.1) is 11.3 Å². The van der Waals surface area contributed by atoms with E-state index in [-0.39, 0.29) is 11.3 Å². The third-order valence-corrected chi connectivity index (χ3v) is 6.08. The molecule has 176 valence electrons. The molecule has 6 heteroatoms. The highest BCUT2D eigenvalue weighted by atomic mass is 16.3. The minimum atomic E-state index is -0.689. The molecule has 0 saturated carbocycles. The molecule has 1 aliphatic heterocycles. The first-order valence-corrected chi connectivity index (χ1v) is 12.1. The second-order valence-corrected chi connectivity index (χ2v) is 8.52. The van der Waals surface area contributed by atoms with E-state index >= 15 is 0 Å². The maximum Gasteiger partial charge on any atom is 0.295 e. The van der Waals surface area contributed by atoms with Gasteiger partial charge in [0.2, 0.25) is 0 Å². The number of aromatic nitrogens is 1. The molecule has 2 aromatic rings. The molecule has 3 rings (SSSR count). The van der Waals surface area contributed by atoms with Crippen molar-refractivity contribution in [2.45, 2.75) is 52.0 Å². The summed E-state index contributed by atoms with van der Waals surface area (Å²) in [5, 5.41) is 11.0. The normalized spacial score (nSPS) is 17.8. The summed E-state index contributed by atoms with van der Waals surface area (Å²) in [6, 6.07) is 13.6. The van der Waals surface area contributed by atoms with Crippen molar-refractivity contribution in [3.05, 3.63) is 71.6 Å². The highest BCUT2D eigenvalue weighted by Crippen LogP contribution is 2.38. The fourth-order valence-corrected chi connectivity index (χ4v) is 4.27. The molecule has 0 bridgehead atoms. The molecule has 33 heavy (non-hydrogen) atoms. The molecule has 1 N–H and O–H groups in total. The SMILES string of the molecule is CCCCN(CCCC)CCCN1C(=O)C(=O)/C(=C(/O)c2ccccc2)C1c1ccccn1. The lowest BCUT2D eigenvalue weighted by Crippen LogP contribution is -2.34. The van der Waals surface area contributed by atoms with Crippen molar-refractivity contribution in [1.82, 2.24) is 14.8 Å². The summed E-state index contributed by atoms with van der Waals surface area (Å²) in [5.74, 6) is -1.38. The van der Waals surface area contributed by atoms with E-state index in [0.29, 0.717) is 17.8 Å². The van der Waals surface area contributed by atoms with Crippen LogP contribution in [0.2, 0.25) is 0 Å². The zero-order chi connectivity index (χ0) is 23.6. The number of aliphatic hydroxyl groups excluding tert-OH is 1. The standard InChI is InChI=1S/C27H35N3O3/c1-3-5-17-29(18-6-4-2)19-12-20-30-24(22-15-10-11-16-28-22)23(26(32)27(30)33)25(31)21-13-8-7-9-14-21/h7-11,13-16,24,31H,3-6,12,17-20H2,1-2H3/b25-23+. The molecule has 1 amide bonds. The maximum atomic E-state index is 13.0. The Morgan fingerprint density at radius 2 is 1.58 bits per heavy atom. The zero-order valence-corrected chi connectivity index (χ0v) is 19.7. The number of carbonyl (C=O) groups is 2. The first-order valence-electron chi connectivity index (χ1n) is 12.1. The Morgan fingerprint density at radius 1 is 0.939 bits per heavy atom. The van der Waals surface area contributed by atoms with Gasteiger partial charge in [0, 0.05) is 18.3 Å². The lowest BCUT2D eigenvalue weighted by atomic mass is 9.98. The number of carbonyl (C=O) groups excluding carboxylic acids is 2. The van der Waals surface area contributed by atoms with Crippen molar-refractivity contribution in [2.24, 2.45) is 0 Å². The van der Waals surface area contributed by atoms with E-state index in [1.165, 1.54) is 0 Å². The van der Waals surface area contributed by atoms with Gasteiger partial charge < -0.3 is 14.9 Å². The van der Waals surface area contributed by atoms with Gasteiger partial charge in [-0.25, -0.2) is 0 Å². The minimum Gasteiger partial charge on any atom is -0.507 e. The highest BCUT2D eigenvalue weighted by Gasteiger charge is 2.46. The second-order valence-electron chi connectivity index (χ2n) is 8.52. The topological polar surface area (TPSA) is 73.7 Å². The zero-order valence-electron chi connectivity index (χ0n) is 19.7. The molecular weight excluding hydrogens is 414 g/mol. The number of nitrogens with zero attached hydrogens (tertiary/aromatic N) is 3. The third kappa shape index (κ3) is 6.08. The summed E-state index contributed by atoms with van der Waals surface area (Å²) in [5.41, 5.74) is 1.21. The number of Topliss-reactive ketones (excluding diaryl/α,β-unsaturated/α-hetero) is 1. The molecule has 1 saturated heterocycles. The van der Waals surface area contributed by atoms with E-state index in [2.05, 4.69) is 23.7 Å². The fraction of sp³-hybridized carbons (Fsp3) is 0.444. The van der Waals surface area contributed by atoms with E-state index in [0.717, 1.165) is 51.7 Å². The highest BCUT2D eigenvalue weighted by molar-refractivity contribution is 6.46. The average molecular weight is 450 g/mol. The van der Waals surface area contributed by atoms with E-state index < -0.39 is 17.7 Å². The van der Waals surface area contributed by atoms with Crippen molar-refractivity contribution < 1.29 is 14.7 Å². The number of benzene rings is 1. The molecule has 0 aliphatic carbocycles. The lowest BCUT2D eigenvalue weighted by Gasteiger charge is -2.27. The number of pyridine rings is 1. The monoisotopic (exact) mass is 449 g/mol. The molecule has 1 unspecified atom stereocenters. The van der Waals surface area contributed by atoms with Crippen LogP contribution in [0.3, 0.4) is 0 Å². The van der Waals surface area contributed by atoms with Crippen LogP contribution < -0.4 is 0 Å². The Bertz CT molecular complexity index is 936. The summed E-state index contributed by atoms with van der Waals surface area (Å²) < 4.78 is 0. The van der Waals surface area contributed by atoms with Gasteiger partial charge in [-0.3, -0.25) is 14.6 Å². The Labute approximate surface area is 196 Å². The molecule has 1 fully saturated rings. The number of amides is 1. The molecule has 1 aliphatic rings. The van der Waals surface area contributed by atoms with E-state index in [9.17, 15) is 14.7 Å². The molecule has 2 heterocycles. The number of ketones is 1. The minimum absolute atomic E-state index is 0.110. The number of rotatable bonds is 12. The van der Waals surface area contributed by atoms with Gasteiger partial charge in [-0.2, -0.15) is 0 Å². The van der Waals surface area contributed by atoms with E-state index in [1.54, 1.807) is 47.5 Å². The van der Waals surface area contributed by atoms with Gasteiger partial charge in [0.1, 0.15) is 11.8 Å². The number of likely N-dealkylation sites (tertiary alicyclic amines) is 1. The first kappa shape index (κ1) is 24.6. The Hall–Kier alpha value is -2.99. The predicted molar refractivity (Wildman–Crippen MR) is 131 cm³/mol. The van der Waals surface area contributed by atoms with Crippen LogP contribution in [0.25, 0.3) is 5.76 Å². The molecule has 1 aromatic heterocycles. The Morgan fingerprint density at radius 3 is 2.18 bits per heavy atom. The van der Waals surface area contributed by atoms with Crippen LogP contribution in [0.1, 0.15) is 63.3 Å². The van der Waals surface area contributed by atoms with Crippen molar-refractivity contribution >= 4 is 17.4 Å². The maximum absolute atomic E-state index is 13.0. The number of hydrogen-bond acceptors (Lipinski definition) is 5. The number of hydrogen-bond donors (Lipinski definition) is 1. The van der Waals surface area contributed by atoms with Crippen molar-refractivity contribution in [3.63, 3.8) is 0 Å². The summed E-state index contributed by atoms with van der Waals surface area (Å²) in [6.07, 6.45) is 7.01. The lowest BCUT2D eigenvalue weighted by molar-refractivity contribution is -0.140. The van der Waals surface area contributed by atoms with Crippen molar-refractivity contribution in [2.75, 3.05) is 26.2 Å². The largest absolute Gasteiger partial charge is 0.507 e. The average Bonchev–Trinajstić information content (AvgIpc) is 3.11. The number of unbranched alkanes of at least 4 members (excludes halogenated alkanes) is 2. The summed E-state index contributed by atoms with van der Waals surface area (Å²) in [4.78, 5) is 34.5. The third-order valence-electron chi connectivity index (χ3n) is 6.08. The molecule has 1 atom stereocenters. The van der Waals surface area contributed by atoms with Crippen LogP contribution in [0.15, 0.2) is 60.3 Å². The Balaban J connectivity index is 1.85. The van der Waals surface area contributed by atoms with Gasteiger partial charge in [0.25, 0.3) is 11.7 Å². The van der Waals surface area contributed by atoms with Gasteiger partial charge in [0.15, 0.2) is 0 Å². The van der Waals surface area contributed by atoms with Crippen LogP contribution >= 0.6 is 0 Å². The molecule has 0 radical (unpaired) electrons. The van der Waals surface area contributed by atoms with Crippen LogP contribution in [-0.4, -0.2) is 57.8 Å². The molecular formula is C27H35N3O3. The van der Waals surface area contributed by atoms with Crippen molar-refractivity contribution in [1.29, 1.82) is 0 Å². The van der Waals surface area contributed by atoms with Crippen LogP contribution in [0, 0.1) is 0 Å². The predicted octanol–water partition coefficient (Wildman–Crippen LogP) is 4.80.